The predicted molar refractivity (Wildman–Crippen MR) is 84.7 cm³/mol. The van der Waals surface area contributed by atoms with Gasteiger partial charge in [-0.1, -0.05) is 18.2 Å². The summed E-state index contributed by atoms with van der Waals surface area (Å²) < 4.78 is 11.6. The normalized spacial score (nSPS) is 11.9. The summed E-state index contributed by atoms with van der Waals surface area (Å²) in [5.41, 5.74) is -0.341. The largest absolute Gasteiger partial charge is 0.459 e. The van der Waals surface area contributed by atoms with Crippen molar-refractivity contribution in [1.82, 2.24) is 9.55 Å². The molecule has 0 aliphatic heterocycles. The Morgan fingerprint density at radius 2 is 2.00 bits per heavy atom. The fourth-order valence-corrected chi connectivity index (χ4v) is 1.88. The zero-order chi connectivity index (χ0) is 17.5. The van der Waals surface area contributed by atoms with Gasteiger partial charge in [-0.3, -0.25) is 14.3 Å². The molecule has 2 rings (SSSR count). The molecule has 0 aliphatic rings. The summed E-state index contributed by atoms with van der Waals surface area (Å²) in [6.45, 7) is 0.810. The summed E-state index contributed by atoms with van der Waals surface area (Å²) in [5.74, 6) is -0.533. The highest BCUT2D eigenvalue weighted by Crippen LogP contribution is 2.03. The van der Waals surface area contributed by atoms with Crippen LogP contribution in [0, 0.1) is 6.92 Å². The van der Waals surface area contributed by atoms with Crippen LogP contribution in [-0.2, 0) is 16.2 Å². The summed E-state index contributed by atoms with van der Waals surface area (Å²) >= 11 is 0. The van der Waals surface area contributed by atoms with Crippen LogP contribution in [0.4, 0.5) is 0 Å². The number of ether oxygens (including phenoxy) is 2. The van der Waals surface area contributed by atoms with E-state index in [2.05, 4.69) is 4.98 Å². The van der Waals surface area contributed by atoms with E-state index in [0.29, 0.717) is 11.1 Å². The lowest BCUT2D eigenvalue weighted by Gasteiger charge is -2.16. The van der Waals surface area contributed by atoms with Gasteiger partial charge in [-0.05, 0) is 19.1 Å². The van der Waals surface area contributed by atoms with Crippen LogP contribution in [-0.4, -0.2) is 39.9 Å². The van der Waals surface area contributed by atoms with E-state index in [1.807, 2.05) is 0 Å². The first-order valence-electron chi connectivity index (χ1n) is 7.26. The van der Waals surface area contributed by atoms with Crippen molar-refractivity contribution in [3.8, 4) is 0 Å². The van der Waals surface area contributed by atoms with Crippen LogP contribution >= 0.6 is 0 Å². The van der Waals surface area contributed by atoms with Crippen LogP contribution in [0.25, 0.3) is 0 Å². The number of rotatable bonds is 7. The molecule has 0 spiro atoms. The second-order valence-electron chi connectivity index (χ2n) is 5.11. The van der Waals surface area contributed by atoms with Gasteiger partial charge in [0.25, 0.3) is 5.56 Å². The first-order valence-corrected chi connectivity index (χ1v) is 7.26. The van der Waals surface area contributed by atoms with Crippen LogP contribution in [0.2, 0.25) is 0 Å². The molecule has 2 N–H and O–H groups in total. The van der Waals surface area contributed by atoms with Gasteiger partial charge in [0.2, 0.25) is 0 Å². The maximum Gasteiger partial charge on any atom is 0.338 e. The van der Waals surface area contributed by atoms with Crippen molar-refractivity contribution in [3.63, 3.8) is 0 Å². The van der Waals surface area contributed by atoms with Crippen LogP contribution < -0.4 is 11.2 Å². The van der Waals surface area contributed by atoms with E-state index >= 15 is 0 Å². The lowest BCUT2D eigenvalue weighted by Crippen LogP contribution is -2.34. The fraction of sp³-hybridized carbons (Fsp3) is 0.312. The first-order chi connectivity index (χ1) is 11.5. The Labute approximate surface area is 137 Å². The van der Waals surface area contributed by atoms with E-state index in [9.17, 15) is 19.5 Å². The van der Waals surface area contributed by atoms with Crippen molar-refractivity contribution >= 4 is 5.97 Å². The van der Waals surface area contributed by atoms with Crippen molar-refractivity contribution < 1.29 is 19.4 Å². The molecular weight excluding hydrogens is 316 g/mol. The molecule has 0 aliphatic carbocycles. The molecule has 24 heavy (non-hydrogen) atoms. The molecule has 0 bridgehead atoms. The minimum Gasteiger partial charge on any atom is -0.459 e. The molecule has 1 aromatic carbocycles. The van der Waals surface area contributed by atoms with Crippen LogP contribution in [0.3, 0.4) is 0 Å². The lowest BCUT2D eigenvalue weighted by molar-refractivity contribution is -0.0581. The highest BCUT2D eigenvalue weighted by atomic mass is 16.6. The van der Waals surface area contributed by atoms with Gasteiger partial charge in [-0.15, -0.1) is 0 Å². The Morgan fingerprint density at radius 1 is 1.29 bits per heavy atom. The molecule has 2 aromatic rings. The number of nitrogens with one attached hydrogen (secondary N) is 1. The average molecular weight is 334 g/mol. The zero-order valence-electron chi connectivity index (χ0n) is 13.1. The number of aromatic amines is 1. The van der Waals surface area contributed by atoms with Gasteiger partial charge in [0.1, 0.15) is 19.4 Å². The maximum atomic E-state index is 11.8. The number of carbonyl (C=O) groups is 1. The number of H-pyrrole nitrogens is 1. The predicted octanol–water partition coefficient (Wildman–Crippen LogP) is 0.0370. The van der Waals surface area contributed by atoms with Gasteiger partial charge in [0.05, 0.1) is 12.2 Å². The number of hydrogen-bond acceptors (Lipinski definition) is 6. The van der Waals surface area contributed by atoms with Gasteiger partial charge in [0, 0.05) is 11.8 Å². The van der Waals surface area contributed by atoms with Crippen LogP contribution in [0.5, 0.6) is 0 Å². The molecule has 0 radical (unpaired) electrons. The van der Waals surface area contributed by atoms with Crippen molar-refractivity contribution in [2.45, 2.75) is 19.8 Å². The number of carbonyl (C=O) groups excluding carboxylic acids is 1. The number of hydrogen-bond donors (Lipinski definition) is 2. The van der Waals surface area contributed by atoms with Gasteiger partial charge >= 0.3 is 11.7 Å². The average Bonchev–Trinajstić information content (AvgIpc) is 2.59. The van der Waals surface area contributed by atoms with E-state index in [0.717, 1.165) is 4.57 Å². The third kappa shape index (κ3) is 4.64. The fourth-order valence-electron chi connectivity index (χ4n) is 1.88. The standard InChI is InChI=1S/C16H18N2O6/c1-11-7-18(16(22)17-14(11)20)10-24-13(8-19)9-23-15(21)12-5-3-2-4-6-12/h2-7,13,19H,8-10H2,1H3,(H,17,20,22)/t13-/m1/s1. The van der Waals surface area contributed by atoms with Crippen LogP contribution in [0.1, 0.15) is 15.9 Å². The van der Waals surface area contributed by atoms with Crippen molar-refractivity contribution in [2.75, 3.05) is 13.2 Å². The Hall–Kier alpha value is -2.71. The summed E-state index contributed by atoms with van der Waals surface area (Å²) in [7, 11) is 0. The number of aliphatic hydroxyl groups excluding tert-OH is 1. The Bertz CT molecular complexity index is 796. The highest BCUT2D eigenvalue weighted by molar-refractivity contribution is 5.89. The quantitative estimate of drug-likeness (QED) is 0.692. The number of aryl methyl sites for hydroxylation is 1. The summed E-state index contributed by atoms with van der Waals surface area (Å²) in [6, 6.07) is 8.42. The summed E-state index contributed by atoms with van der Waals surface area (Å²) in [4.78, 5) is 36.9. The molecule has 0 fully saturated rings. The number of nitrogens with zero attached hydrogens (tertiary/aromatic N) is 1. The molecule has 8 heteroatoms. The molecule has 1 atom stereocenters. The molecule has 1 aromatic heterocycles. The molecule has 8 nitrogen and oxygen atoms in total. The SMILES string of the molecule is Cc1cn(CO[C@H](CO)COC(=O)c2ccccc2)c(=O)[nH]c1=O. The smallest absolute Gasteiger partial charge is 0.338 e. The molecular formula is C16H18N2O6. The number of benzene rings is 1. The number of aromatic nitrogens is 2. The van der Waals surface area contributed by atoms with E-state index in [-0.39, 0.29) is 19.9 Å². The van der Waals surface area contributed by atoms with E-state index in [4.69, 9.17) is 9.47 Å². The molecule has 0 saturated heterocycles. The lowest BCUT2D eigenvalue weighted by atomic mass is 10.2. The third-order valence-corrected chi connectivity index (χ3v) is 3.25. The molecule has 0 unspecified atom stereocenters. The van der Waals surface area contributed by atoms with E-state index in [1.54, 1.807) is 37.3 Å². The molecule has 0 amide bonds. The maximum absolute atomic E-state index is 11.8. The Balaban J connectivity index is 1.91. The second-order valence-corrected chi connectivity index (χ2v) is 5.11. The minimum atomic E-state index is -0.795. The first kappa shape index (κ1) is 17.6. The number of aliphatic hydroxyl groups is 1. The van der Waals surface area contributed by atoms with E-state index in [1.165, 1.54) is 6.20 Å². The second kappa shape index (κ2) is 8.23. The Morgan fingerprint density at radius 3 is 2.67 bits per heavy atom. The zero-order valence-corrected chi connectivity index (χ0v) is 13.1. The van der Waals surface area contributed by atoms with Crippen molar-refractivity contribution in [2.24, 2.45) is 0 Å². The topological polar surface area (TPSA) is 111 Å². The van der Waals surface area contributed by atoms with Crippen molar-refractivity contribution in [1.29, 1.82) is 0 Å². The molecule has 128 valence electrons. The van der Waals surface area contributed by atoms with Gasteiger partial charge < -0.3 is 14.6 Å². The van der Waals surface area contributed by atoms with Gasteiger partial charge in [-0.2, -0.15) is 0 Å². The highest BCUT2D eigenvalue weighted by Gasteiger charge is 2.13. The Kier molecular flexibility index (Phi) is 6.05. The van der Waals surface area contributed by atoms with E-state index < -0.39 is 23.3 Å². The van der Waals surface area contributed by atoms with Gasteiger partial charge in [0.15, 0.2) is 0 Å². The van der Waals surface area contributed by atoms with Gasteiger partial charge in [-0.25, -0.2) is 9.59 Å². The molecule has 0 saturated carbocycles. The monoisotopic (exact) mass is 334 g/mol. The third-order valence-electron chi connectivity index (χ3n) is 3.25. The van der Waals surface area contributed by atoms with Crippen molar-refractivity contribution in [3.05, 3.63) is 68.5 Å². The molecule has 1 heterocycles. The summed E-state index contributed by atoms with van der Waals surface area (Å²) in [6.07, 6.45) is 0.558. The number of esters is 1. The summed E-state index contributed by atoms with van der Waals surface area (Å²) in [5, 5.41) is 9.29. The minimum absolute atomic E-state index is 0.165. The van der Waals surface area contributed by atoms with Crippen LogP contribution in [0.15, 0.2) is 46.1 Å².